The Morgan fingerprint density at radius 1 is 1.06 bits per heavy atom. The van der Waals surface area contributed by atoms with E-state index < -0.39 is 5.97 Å². The third-order valence-electron chi connectivity index (χ3n) is 6.27. The van der Waals surface area contributed by atoms with Crippen molar-refractivity contribution in [3.63, 3.8) is 0 Å². The minimum atomic E-state index is -0.437. The van der Waals surface area contributed by atoms with Crippen molar-refractivity contribution in [3.05, 3.63) is 88.2 Å². The van der Waals surface area contributed by atoms with Gasteiger partial charge in [-0.15, -0.1) is 0 Å². The lowest BCUT2D eigenvalue weighted by Gasteiger charge is -2.22. The highest BCUT2D eigenvalue weighted by molar-refractivity contribution is 5.96. The van der Waals surface area contributed by atoms with Gasteiger partial charge in [-0.1, -0.05) is 49.6 Å². The molecule has 0 N–H and O–H groups in total. The van der Waals surface area contributed by atoms with Crippen LogP contribution in [0.4, 0.5) is 0 Å². The minimum Gasteiger partial charge on any atom is -0.465 e. The molecule has 34 heavy (non-hydrogen) atoms. The lowest BCUT2D eigenvalue weighted by Crippen LogP contribution is -2.25. The van der Waals surface area contributed by atoms with Crippen LogP contribution in [0.15, 0.2) is 75.0 Å². The molecule has 0 radical (unpaired) electrons. The van der Waals surface area contributed by atoms with Gasteiger partial charge >= 0.3 is 5.97 Å². The Bertz CT molecular complexity index is 1430. The molecule has 2 heterocycles. The maximum Gasteiger partial charge on any atom is 0.338 e. The Kier molecular flexibility index (Phi) is 6.08. The Morgan fingerprint density at radius 3 is 2.65 bits per heavy atom. The van der Waals surface area contributed by atoms with Crippen molar-refractivity contribution in [3.8, 4) is 11.3 Å². The van der Waals surface area contributed by atoms with E-state index in [1.54, 1.807) is 36.4 Å². The molecule has 0 unspecified atom stereocenters. The molecule has 0 amide bonds. The fourth-order valence-electron chi connectivity index (χ4n) is 4.55. The van der Waals surface area contributed by atoms with Crippen LogP contribution in [0.3, 0.4) is 0 Å². The maximum absolute atomic E-state index is 13.3. The minimum absolute atomic E-state index is 0.190. The number of aromatic nitrogens is 2. The molecule has 2 aromatic carbocycles. The van der Waals surface area contributed by atoms with Gasteiger partial charge in [0.2, 0.25) is 0 Å². The molecule has 0 saturated heterocycles. The van der Waals surface area contributed by atoms with Crippen molar-refractivity contribution in [1.29, 1.82) is 0 Å². The molecule has 4 aromatic rings. The average Bonchev–Trinajstić information content (AvgIpc) is 3.37. The van der Waals surface area contributed by atoms with Gasteiger partial charge in [-0.2, -0.15) is 9.78 Å². The zero-order chi connectivity index (χ0) is 23.5. The molecule has 1 saturated carbocycles. The molecule has 172 valence electrons. The third kappa shape index (κ3) is 4.17. The average molecular weight is 456 g/mol. The smallest absolute Gasteiger partial charge is 0.338 e. The fourth-order valence-corrected chi connectivity index (χ4v) is 4.55. The SMILES string of the molecule is COC(=O)c1ccccc1-c1ccc(C=Nn2c(C3CCCCC3)nc3ccccc3c2=O)o1. The van der Waals surface area contributed by atoms with Gasteiger partial charge in [0.15, 0.2) is 0 Å². The van der Waals surface area contributed by atoms with Gasteiger partial charge < -0.3 is 9.15 Å². The van der Waals surface area contributed by atoms with Crippen LogP contribution in [0.2, 0.25) is 0 Å². The predicted molar refractivity (Wildman–Crippen MR) is 130 cm³/mol. The molecule has 1 fully saturated rings. The number of carbonyl (C=O) groups excluding carboxylic acids is 1. The standard InChI is InChI=1S/C27H25N3O4/c1-33-27(32)21-12-6-5-11-20(21)24-16-15-19(34-24)17-28-30-25(18-9-3-2-4-10-18)29-23-14-8-7-13-22(23)26(30)31/h5-8,11-18H,2-4,9-10H2,1H3. The number of carbonyl (C=O) groups is 1. The molecule has 1 aliphatic carbocycles. The number of benzene rings is 2. The maximum atomic E-state index is 13.3. The van der Waals surface area contributed by atoms with Crippen LogP contribution in [-0.2, 0) is 4.74 Å². The van der Waals surface area contributed by atoms with Crippen molar-refractivity contribution in [2.45, 2.75) is 38.0 Å². The fraction of sp³-hybridized carbons (Fsp3) is 0.259. The molecule has 1 aliphatic rings. The number of rotatable bonds is 5. The Morgan fingerprint density at radius 2 is 1.82 bits per heavy atom. The summed E-state index contributed by atoms with van der Waals surface area (Å²) in [6.07, 6.45) is 6.97. The number of para-hydroxylation sites is 1. The number of hydrogen-bond donors (Lipinski definition) is 0. The van der Waals surface area contributed by atoms with Gasteiger partial charge in [-0.25, -0.2) is 9.78 Å². The summed E-state index contributed by atoms with van der Waals surface area (Å²) in [5, 5.41) is 5.05. The van der Waals surface area contributed by atoms with Crippen LogP contribution in [0, 0.1) is 0 Å². The van der Waals surface area contributed by atoms with Crippen LogP contribution in [0.1, 0.15) is 60.0 Å². The number of methoxy groups -OCH3 is 1. The zero-order valence-corrected chi connectivity index (χ0v) is 18.9. The van der Waals surface area contributed by atoms with E-state index in [4.69, 9.17) is 14.1 Å². The van der Waals surface area contributed by atoms with Gasteiger partial charge in [0.1, 0.15) is 17.3 Å². The topological polar surface area (TPSA) is 86.7 Å². The molecule has 0 atom stereocenters. The molecule has 5 rings (SSSR count). The monoisotopic (exact) mass is 455 g/mol. The van der Waals surface area contributed by atoms with Crippen LogP contribution in [0.25, 0.3) is 22.2 Å². The van der Waals surface area contributed by atoms with Crippen LogP contribution in [-0.4, -0.2) is 29.0 Å². The molecule has 7 heteroatoms. The molecular formula is C27H25N3O4. The quantitative estimate of drug-likeness (QED) is 0.298. The Labute approximate surface area is 196 Å². The normalized spacial score (nSPS) is 14.6. The Balaban J connectivity index is 1.53. The molecule has 0 spiro atoms. The van der Waals surface area contributed by atoms with Gasteiger partial charge in [0, 0.05) is 11.5 Å². The van der Waals surface area contributed by atoms with Crippen molar-refractivity contribution in [2.75, 3.05) is 7.11 Å². The number of furan rings is 1. The Hall–Kier alpha value is -4.00. The largest absolute Gasteiger partial charge is 0.465 e. The molecule has 2 aromatic heterocycles. The number of hydrogen-bond acceptors (Lipinski definition) is 6. The van der Waals surface area contributed by atoms with Crippen molar-refractivity contribution < 1.29 is 13.9 Å². The highest BCUT2D eigenvalue weighted by atomic mass is 16.5. The highest BCUT2D eigenvalue weighted by Gasteiger charge is 2.22. The first-order chi connectivity index (χ1) is 16.7. The van der Waals surface area contributed by atoms with E-state index in [2.05, 4.69) is 5.10 Å². The molecule has 7 nitrogen and oxygen atoms in total. The van der Waals surface area contributed by atoms with Gasteiger partial charge in [-0.05, 0) is 43.2 Å². The van der Waals surface area contributed by atoms with E-state index in [-0.39, 0.29) is 11.5 Å². The number of fused-ring (bicyclic) bond motifs is 1. The third-order valence-corrected chi connectivity index (χ3v) is 6.27. The first-order valence-corrected chi connectivity index (χ1v) is 11.5. The second kappa shape index (κ2) is 9.47. The van der Waals surface area contributed by atoms with Crippen molar-refractivity contribution in [1.82, 2.24) is 9.66 Å². The lowest BCUT2D eigenvalue weighted by molar-refractivity contribution is 0.0601. The van der Waals surface area contributed by atoms with Gasteiger partial charge in [-0.3, -0.25) is 4.79 Å². The van der Waals surface area contributed by atoms with Crippen LogP contribution >= 0.6 is 0 Å². The predicted octanol–water partition coefficient (Wildman–Crippen LogP) is 5.37. The van der Waals surface area contributed by atoms with Crippen LogP contribution in [0.5, 0.6) is 0 Å². The highest BCUT2D eigenvalue weighted by Crippen LogP contribution is 2.32. The van der Waals surface area contributed by atoms with E-state index in [1.807, 2.05) is 24.3 Å². The summed E-state index contributed by atoms with van der Waals surface area (Å²) >= 11 is 0. The van der Waals surface area contributed by atoms with Crippen LogP contribution < -0.4 is 5.56 Å². The number of esters is 1. The summed E-state index contributed by atoms with van der Waals surface area (Å²) in [6.45, 7) is 0. The summed E-state index contributed by atoms with van der Waals surface area (Å²) in [5.41, 5.74) is 1.54. The van der Waals surface area contributed by atoms with E-state index in [0.29, 0.717) is 39.4 Å². The summed E-state index contributed by atoms with van der Waals surface area (Å²) in [4.78, 5) is 30.3. The second-order valence-corrected chi connectivity index (χ2v) is 8.42. The number of nitrogens with zero attached hydrogens (tertiary/aromatic N) is 3. The summed E-state index contributed by atoms with van der Waals surface area (Å²) in [5.74, 6) is 1.43. The first-order valence-electron chi connectivity index (χ1n) is 11.5. The lowest BCUT2D eigenvalue weighted by atomic mass is 9.88. The summed E-state index contributed by atoms with van der Waals surface area (Å²) in [7, 11) is 1.35. The molecular weight excluding hydrogens is 430 g/mol. The number of ether oxygens (including phenoxy) is 1. The van der Waals surface area contributed by atoms with E-state index in [1.165, 1.54) is 24.4 Å². The first kappa shape index (κ1) is 21.8. The zero-order valence-electron chi connectivity index (χ0n) is 18.9. The van der Waals surface area contributed by atoms with E-state index >= 15 is 0 Å². The van der Waals surface area contributed by atoms with Crippen molar-refractivity contribution in [2.24, 2.45) is 5.10 Å². The van der Waals surface area contributed by atoms with Gasteiger partial charge in [0.05, 0.1) is 29.8 Å². The van der Waals surface area contributed by atoms with Gasteiger partial charge in [0.25, 0.3) is 5.56 Å². The molecule has 0 bridgehead atoms. The summed E-state index contributed by atoms with van der Waals surface area (Å²) in [6, 6.07) is 18.0. The molecule has 0 aliphatic heterocycles. The second-order valence-electron chi connectivity index (χ2n) is 8.42. The summed E-state index contributed by atoms with van der Waals surface area (Å²) < 4.78 is 12.2. The van der Waals surface area contributed by atoms with Crippen molar-refractivity contribution >= 4 is 23.1 Å². The van der Waals surface area contributed by atoms with E-state index in [9.17, 15) is 9.59 Å². The van der Waals surface area contributed by atoms with E-state index in [0.717, 1.165) is 25.7 Å².